The number of hydrogen-bond acceptors (Lipinski definition) is 4. The van der Waals surface area contributed by atoms with Crippen molar-refractivity contribution in [2.75, 3.05) is 32.2 Å². The van der Waals surface area contributed by atoms with E-state index in [0.717, 1.165) is 6.42 Å². The molecule has 120 valence electrons. The molecule has 0 radical (unpaired) electrons. The van der Waals surface area contributed by atoms with Gasteiger partial charge in [-0.2, -0.15) is 18.3 Å². The zero-order chi connectivity index (χ0) is 15.7. The fourth-order valence-electron chi connectivity index (χ4n) is 1.35. The van der Waals surface area contributed by atoms with E-state index in [0.29, 0.717) is 24.0 Å². The maximum atomic E-state index is 11.9. The van der Waals surface area contributed by atoms with Crippen LogP contribution in [0.4, 0.5) is 18.9 Å². The smallest absolute Gasteiger partial charge is 0.385 e. The SMILES string of the molecule is COCCCNC(=S)Nc1cnn(COCC(F)(F)F)c1. The van der Waals surface area contributed by atoms with Crippen LogP contribution in [0.1, 0.15) is 6.42 Å². The molecular formula is C11H17F3N4O2S. The van der Waals surface area contributed by atoms with Crippen LogP contribution in [0, 0.1) is 0 Å². The maximum absolute atomic E-state index is 11.9. The normalized spacial score (nSPS) is 11.4. The van der Waals surface area contributed by atoms with Crippen molar-refractivity contribution in [2.45, 2.75) is 19.3 Å². The number of nitrogens with one attached hydrogen (secondary N) is 2. The second-order valence-electron chi connectivity index (χ2n) is 4.09. The van der Waals surface area contributed by atoms with Crippen LogP contribution in [-0.2, 0) is 16.2 Å². The van der Waals surface area contributed by atoms with Crippen LogP contribution in [0.15, 0.2) is 12.4 Å². The first kappa shape index (κ1) is 17.7. The lowest BCUT2D eigenvalue weighted by Crippen LogP contribution is -2.29. The Labute approximate surface area is 125 Å². The summed E-state index contributed by atoms with van der Waals surface area (Å²) in [5, 5.41) is 10.1. The third-order valence-electron chi connectivity index (χ3n) is 2.19. The second kappa shape index (κ2) is 8.80. The van der Waals surface area contributed by atoms with Gasteiger partial charge in [0.15, 0.2) is 5.11 Å². The average Bonchev–Trinajstić information content (AvgIpc) is 2.81. The molecule has 1 rings (SSSR count). The molecule has 1 heterocycles. The number of aromatic nitrogens is 2. The number of anilines is 1. The van der Waals surface area contributed by atoms with Gasteiger partial charge in [0.2, 0.25) is 0 Å². The predicted octanol–water partition coefficient (Wildman–Crippen LogP) is 1.74. The minimum atomic E-state index is -4.35. The van der Waals surface area contributed by atoms with Crippen molar-refractivity contribution in [3.8, 4) is 0 Å². The van der Waals surface area contributed by atoms with E-state index < -0.39 is 12.8 Å². The van der Waals surface area contributed by atoms with Crippen LogP contribution < -0.4 is 10.6 Å². The van der Waals surface area contributed by atoms with E-state index in [1.165, 1.54) is 17.1 Å². The van der Waals surface area contributed by atoms with Crippen molar-refractivity contribution >= 4 is 23.0 Å². The molecule has 0 aromatic carbocycles. The van der Waals surface area contributed by atoms with Gasteiger partial charge in [-0.15, -0.1) is 0 Å². The number of alkyl halides is 3. The van der Waals surface area contributed by atoms with Gasteiger partial charge in [-0.05, 0) is 18.6 Å². The molecule has 0 fully saturated rings. The van der Waals surface area contributed by atoms with Crippen LogP contribution in [0.25, 0.3) is 0 Å². The second-order valence-corrected chi connectivity index (χ2v) is 4.50. The first-order valence-electron chi connectivity index (χ1n) is 6.11. The summed E-state index contributed by atoms with van der Waals surface area (Å²) in [5.41, 5.74) is 0.565. The average molecular weight is 326 g/mol. The summed E-state index contributed by atoms with van der Waals surface area (Å²) in [4.78, 5) is 0. The van der Waals surface area contributed by atoms with Gasteiger partial charge in [-0.1, -0.05) is 0 Å². The minimum absolute atomic E-state index is 0.283. The van der Waals surface area contributed by atoms with Gasteiger partial charge in [-0.3, -0.25) is 0 Å². The van der Waals surface area contributed by atoms with E-state index >= 15 is 0 Å². The highest BCUT2D eigenvalue weighted by Gasteiger charge is 2.27. The number of methoxy groups -OCH3 is 1. The fourth-order valence-corrected chi connectivity index (χ4v) is 1.57. The number of nitrogens with zero attached hydrogens (tertiary/aromatic N) is 2. The van der Waals surface area contributed by atoms with Crippen LogP contribution in [0.2, 0.25) is 0 Å². The molecule has 0 saturated carbocycles. The van der Waals surface area contributed by atoms with Gasteiger partial charge in [-0.25, -0.2) is 4.68 Å². The maximum Gasteiger partial charge on any atom is 0.411 e. The molecule has 0 amide bonds. The van der Waals surface area contributed by atoms with Gasteiger partial charge in [0, 0.05) is 20.3 Å². The fraction of sp³-hybridized carbons (Fsp3) is 0.636. The number of thiocarbonyl (C=S) groups is 1. The Morgan fingerprint density at radius 1 is 1.48 bits per heavy atom. The molecule has 0 aliphatic heterocycles. The van der Waals surface area contributed by atoms with E-state index in [-0.39, 0.29) is 6.73 Å². The summed E-state index contributed by atoms with van der Waals surface area (Å²) in [6, 6.07) is 0. The predicted molar refractivity (Wildman–Crippen MR) is 75.0 cm³/mol. The van der Waals surface area contributed by atoms with Crippen LogP contribution >= 0.6 is 12.2 Å². The van der Waals surface area contributed by atoms with Crippen LogP contribution in [-0.4, -0.2) is 47.9 Å². The molecule has 1 aromatic rings. The Kier molecular flexibility index (Phi) is 7.40. The lowest BCUT2D eigenvalue weighted by atomic mass is 10.4. The van der Waals surface area contributed by atoms with Gasteiger partial charge >= 0.3 is 6.18 Å². The Hall–Kier alpha value is -1.39. The highest BCUT2D eigenvalue weighted by atomic mass is 32.1. The Morgan fingerprint density at radius 3 is 2.90 bits per heavy atom. The van der Waals surface area contributed by atoms with Crippen molar-refractivity contribution < 1.29 is 22.6 Å². The molecule has 6 nitrogen and oxygen atoms in total. The quantitative estimate of drug-likeness (QED) is 0.561. The summed E-state index contributed by atoms with van der Waals surface area (Å²) in [5.74, 6) is 0. The van der Waals surface area contributed by atoms with E-state index in [1.807, 2.05) is 0 Å². The molecule has 0 unspecified atom stereocenters. The van der Waals surface area contributed by atoms with E-state index in [9.17, 15) is 13.2 Å². The first-order chi connectivity index (χ1) is 9.90. The number of hydrogen-bond donors (Lipinski definition) is 2. The minimum Gasteiger partial charge on any atom is -0.385 e. The number of rotatable bonds is 8. The topological polar surface area (TPSA) is 60.3 Å². The van der Waals surface area contributed by atoms with Gasteiger partial charge in [0.1, 0.15) is 13.3 Å². The monoisotopic (exact) mass is 326 g/mol. The molecule has 1 aromatic heterocycles. The summed E-state index contributed by atoms with van der Waals surface area (Å²) in [6.45, 7) is -0.309. The van der Waals surface area contributed by atoms with Gasteiger partial charge < -0.3 is 20.1 Å². The van der Waals surface area contributed by atoms with Crippen molar-refractivity contribution in [3.05, 3.63) is 12.4 Å². The molecule has 0 bridgehead atoms. The third-order valence-corrected chi connectivity index (χ3v) is 2.44. The Morgan fingerprint density at radius 2 is 2.24 bits per heavy atom. The molecule has 2 N–H and O–H groups in total. The summed E-state index contributed by atoms with van der Waals surface area (Å²) >= 11 is 5.05. The highest BCUT2D eigenvalue weighted by Crippen LogP contribution is 2.14. The largest absolute Gasteiger partial charge is 0.411 e. The number of halogens is 3. The molecule has 10 heteroatoms. The molecular weight excluding hydrogens is 309 g/mol. The van der Waals surface area contributed by atoms with E-state index in [4.69, 9.17) is 17.0 Å². The lowest BCUT2D eigenvalue weighted by Gasteiger charge is -2.08. The van der Waals surface area contributed by atoms with Crippen molar-refractivity contribution in [2.24, 2.45) is 0 Å². The molecule has 0 aliphatic rings. The first-order valence-corrected chi connectivity index (χ1v) is 6.52. The molecule has 0 spiro atoms. The Balaban J connectivity index is 2.26. The highest BCUT2D eigenvalue weighted by molar-refractivity contribution is 7.80. The van der Waals surface area contributed by atoms with Crippen LogP contribution in [0.3, 0.4) is 0 Å². The van der Waals surface area contributed by atoms with E-state index in [1.54, 1.807) is 7.11 Å². The van der Waals surface area contributed by atoms with Crippen molar-refractivity contribution in [1.82, 2.24) is 15.1 Å². The number of ether oxygens (including phenoxy) is 2. The van der Waals surface area contributed by atoms with Crippen molar-refractivity contribution in [1.29, 1.82) is 0 Å². The Bertz CT molecular complexity index is 439. The zero-order valence-corrected chi connectivity index (χ0v) is 12.3. The van der Waals surface area contributed by atoms with E-state index in [2.05, 4.69) is 20.5 Å². The third kappa shape index (κ3) is 8.48. The molecule has 0 saturated heterocycles. The van der Waals surface area contributed by atoms with Gasteiger partial charge in [0.25, 0.3) is 0 Å². The molecule has 21 heavy (non-hydrogen) atoms. The molecule has 0 aliphatic carbocycles. The van der Waals surface area contributed by atoms with Gasteiger partial charge in [0.05, 0.1) is 18.1 Å². The lowest BCUT2D eigenvalue weighted by molar-refractivity contribution is -0.182. The summed E-state index contributed by atoms with van der Waals surface area (Å²) in [6.07, 6.45) is -0.593. The summed E-state index contributed by atoms with van der Waals surface area (Å²) < 4.78 is 46.3. The summed E-state index contributed by atoms with van der Waals surface area (Å²) in [7, 11) is 1.62. The van der Waals surface area contributed by atoms with Crippen LogP contribution in [0.5, 0.6) is 0 Å². The molecule has 0 atom stereocenters. The standard InChI is InChI=1S/C11H17F3N4O2S/c1-19-4-2-3-15-10(21)17-9-5-16-18(6-9)8-20-7-11(12,13)14/h5-6H,2-4,7-8H2,1H3,(H2,15,17,21). The van der Waals surface area contributed by atoms with Crippen molar-refractivity contribution in [3.63, 3.8) is 0 Å². The zero-order valence-electron chi connectivity index (χ0n) is 11.4.